The van der Waals surface area contributed by atoms with Gasteiger partial charge in [-0.2, -0.15) is 0 Å². The second-order valence-electron chi connectivity index (χ2n) is 3.37. The Morgan fingerprint density at radius 2 is 2.31 bits per heavy atom. The molecule has 1 unspecified atom stereocenters. The highest BCUT2D eigenvalue weighted by molar-refractivity contribution is 5.80. The summed E-state index contributed by atoms with van der Waals surface area (Å²) < 4.78 is 5.14. The van der Waals surface area contributed by atoms with E-state index >= 15 is 0 Å². The first kappa shape index (κ1) is 12.8. The third-order valence-electron chi connectivity index (χ3n) is 2.34. The molecule has 8 heteroatoms. The number of carbonyl (C=O) groups excluding carboxylic acids is 2. The largest absolute Gasteiger partial charge is 0.378 e. The van der Waals surface area contributed by atoms with E-state index in [4.69, 9.17) is 16.3 Å². The molecule has 0 aliphatic carbocycles. The molecule has 1 aliphatic rings. The number of nitrogens with one attached hydrogen (secondary N) is 1. The van der Waals surface area contributed by atoms with Crippen molar-refractivity contribution in [2.45, 2.75) is 12.5 Å². The van der Waals surface area contributed by atoms with E-state index in [0.717, 1.165) is 0 Å². The van der Waals surface area contributed by atoms with E-state index in [1.807, 2.05) is 0 Å². The lowest BCUT2D eigenvalue weighted by Crippen LogP contribution is -2.52. The summed E-state index contributed by atoms with van der Waals surface area (Å²) in [6.07, 6.45) is 0.133. The summed E-state index contributed by atoms with van der Waals surface area (Å²) >= 11 is 0. The number of hydrogen-bond donors (Lipinski definition) is 3. The lowest BCUT2D eigenvalue weighted by molar-refractivity contribution is -0.152. The molecule has 5 N–H and O–H groups in total. The van der Waals surface area contributed by atoms with Crippen molar-refractivity contribution < 1.29 is 19.2 Å². The third kappa shape index (κ3) is 3.74. The van der Waals surface area contributed by atoms with Crippen molar-refractivity contribution in [1.82, 2.24) is 10.5 Å². The van der Waals surface area contributed by atoms with E-state index in [0.29, 0.717) is 19.7 Å². The third-order valence-corrected chi connectivity index (χ3v) is 2.34. The van der Waals surface area contributed by atoms with Crippen LogP contribution >= 0.6 is 0 Å². The summed E-state index contributed by atoms with van der Waals surface area (Å²) in [5.41, 5.74) is 7.02. The van der Waals surface area contributed by atoms with Gasteiger partial charge in [0.15, 0.2) is 0 Å². The smallest absolute Gasteiger partial charge is 0.327 e. The van der Waals surface area contributed by atoms with Gasteiger partial charge in [-0.05, 0) is 0 Å². The lowest BCUT2D eigenvalue weighted by atomic mass is 10.2. The number of hydrogen-bond acceptors (Lipinski definition) is 7. The molecule has 8 nitrogen and oxygen atoms in total. The van der Waals surface area contributed by atoms with Gasteiger partial charge in [0.05, 0.1) is 19.6 Å². The second kappa shape index (κ2) is 6.38. The van der Waals surface area contributed by atoms with Crippen molar-refractivity contribution in [1.29, 1.82) is 0 Å². The van der Waals surface area contributed by atoms with E-state index in [-0.39, 0.29) is 13.0 Å². The minimum atomic E-state index is -0.489. The molecular weight excluding hydrogens is 216 g/mol. The predicted octanol–water partition coefficient (Wildman–Crippen LogP) is -2.52. The van der Waals surface area contributed by atoms with Crippen LogP contribution in [0.3, 0.4) is 0 Å². The molecule has 1 rings (SSSR count). The monoisotopic (exact) mass is 232 g/mol. The van der Waals surface area contributed by atoms with Gasteiger partial charge >= 0.3 is 5.97 Å². The molecule has 92 valence electrons. The molecule has 0 bridgehead atoms. The molecular formula is C8H16N4O4. The van der Waals surface area contributed by atoms with Crippen molar-refractivity contribution in [2.24, 2.45) is 11.6 Å². The number of morpholine rings is 1. The first-order valence-electron chi connectivity index (χ1n) is 4.91. The van der Waals surface area contributed by atoms with Gasteiger partial charge in [0, 0.05) is 13.1 Å². The van der Waals surface area contributed by atoms with E-state index in [9.17, 15) is 9.59 Å². The molecule has 0 radical (unpaired) electrons. The molecule has 1 aliphatic heterocycles. The van der Waals surface area contributed by atoms with Gasteiger partial charge in [-0.15, -0.1) is 0 Å². The highest BCUT2D eigenvalue weighted by Crippen LogP contribution is 2.07. The SMILES string of the molecule is NNOC(=O)CCN1CCOCC1C(N)=O. The maximum absolute atomic E-state index is 11.1. The number of carbonyl (C=O) groups is 2. The molecule has 1 atom stereocenters. The van der Waals surface area contributed by atoms with Gasteiger partial charge in [0.25, 0.3) is 0 Å². The van der Waals surface area contributed by atoms with Crippen LogP contribution in [0, 0.1) is 0 Å². The summed E-state index contributed by atoms with van der Waals surface area (Å²) in [6.45, 7) is 1.74. The fourth-order valence-corrected chi connectivity index (χ4v) is 1.52. The Bertz CT molecular complexity index is 260. The number of hydrazine groups is 1. The van der Waals surface area contributed by atoms with Crippen molar-refractivity contribution in [3.8, 4) is 0 Å². The number of amides is 1. The van der Waals surface area contributed by atoms with Crippen LogP contribution in [0.2, 0.25) is 0 Å². The zero-order valence-electron chi connectivity index (χ0n) is 8.85. The normalized spacial score (nSPS) is 21.7. The van der Waals surface area contributed by atoms with Crippen LogP contribution in [0.4, 0.5) is 0 Å². The van der Waals surface area contributed by atoms with Gasteiger partial charge in [0.2, 0.25) is 5.91 Å². The zero-order valence-corrected chi connectivity index (χ0v) is 8.85. The summed E-state index contributed by atoms with van der Waals surface area (Å²) in [6, 6.07) is -0.479. The Hall–Kier alpha value is -1.22. The second-order valence-corrected chi connectivity index (χ2v) is 3.37. The highest BCUT2D eigenvalue weighted by atomic mass is 16.7. The Balaban J connectivity index is 2.38. The molecule has 0 saturated carbocycles. The van der Waals surface area contributed by atoms with Gasteiger partial charge in [-0.3, -0.25) is 14.5 Å². The van der Waals surface area contributed by atoms with Crippen LogP contribution in [-0.4, -0.2) is 49.1 Å². The zero-order chi connectivity index (χ0) is 12.0. The minimum Gasteiger partial charge on any atom is -0.378 e. The summed E-state index contributed by atoms with van der Waals surface area (Å²) in [5, 5.41) is 0. The molecule has 1 fully saturated rings. The van der Waals surface area contributed by atoms with Crippen molar-refractivity contribution in [2.75, 3.05) is 26.3 Å². The molecule has 0 spiro atoms. The molecule has 0 aromatic heterocycles. The van der Waals surface area contributed by atoms with Gasteiger partial charge < -0.3 is 15.3 Å². The Morgan fingerprint density at radius 3 is 2.94 bits per heavy atom. The van der Waals surface area contributed by atoms with E-state index in [1.54, 1.807) is 10.5 Å². The summed E-state index contributed by atoms with van der Waals surface area (Å²) in [7, 11) is 0. The first-order chi connectivity index (χ1) is 7.65. The van der Waals surface area contributed by atoms with Crippen molar-refractivity contribution in [3.63, 3.8) is 0 Å². The van der Waals surface area contributed by atoms with Crippen LogP contribution in [0.1, 0.15) is 6.42 Å². The van der Waals surface area contributed by atoms with Crippen LogP contribution in [-0.2, 0) is 19.2 Å². The van der Waals surface area contributed by atoms with E-state index < -0.39 is 17.9 Å². The topological polar surface area (TPSA) is 120 Å². The Kier molecular flexibility index (Phi) is 5.12. The molecule has 16 heavy (non-hydrogen) atoms. The number of rotatable bonds is 5. The van der Waals surface area contributed by atoms with Gasteiger partial charge in [-0.25, -0.2) is 5.84 Å². The fourth-order valence-electron chi connectivity index (χ4n) is 1.52. The Labute approximate surface area is 92.8 Å². The van der Waals surface area contributed by atoms with Crippen LogP contribution in [0.5, 0.6) is 0 Å². The maximum Gasteiger partial charge on any atom is 0.327 e. The van der Waals surface area contributed by atoms with Crippen molar-refractivity contribution >= 4 is 11.9 Å². The quantitative estimate of drug-likeness (QED) is 0.353. The molecule has 0 aromatic rings. The van der Waals surface area contributed by atoms with Crippen LogP contribution in [0.15, 0.2) is 0 Å². The van der Waals surface area contributed by atoms with Crippen LogP contribution in [0.25, 0.3) is 0 Å². The number of nitrogens with two attached hydrogens (primary N) is 2. The fraction of sp³-hybridized carbons (Fsp3) is 0.750. The number of primary amides is 1. The van der Waals surface area contributed by atoms with Crippen molar-refractivity contribution in [3.05, 3.63) is 0 Å². The summed E-state index contributed by atoms with van der Waals surface area (Å²) in [5.74, 6) is 3.87. The highest BCUT2D eigenvalue weighted by Gasteiger charge is 2.27. The average Bonchev–Trinajstić information content (AvgIpc) is 2.27. The number of ether oxygens (including phenoxy) is 1. The lowest BCUT2D eigenvalue weighted by Gasteiger charge is -2.33. The number of nitrogens with zero attached hydrogens (tertiary/aromatic N) is 1. The first-order valence-corrected chi connectivity index (χ1v) is 4.91. The Morgan fingerprint density at radius 1 is 1.56 bits per heavy atom. The molecule has 1 amide bonds. The van der Waals surface area contributed by atoms with E-state index in [1.165, 1.54) is 0 Å². The van der Waals surface area contributed by atoms with E-state index in [2.05, 4.69) is 4.84 Å². The predicted molar refractivity (Wildman–Crippen MR) is 53.4 cm³/mol. The maximum atomic E-state index is 11.1. The van der Waals surface area contributed by atoms with Gasteiger partial charge in [0.1, 0.15) is 6.04 Å². The summed E-state index contributed by atoms with van der Waals surface area (Å²) in [4.78, 5) is 28.2. The average molecular weight is 232 g/mol. The molecule has 1 heterocycles. The van der Waals surface area contributed by atoms with Crippen LogP contribution < -0.4 is 17.2 Å². The van der Waals surface area contributed by atoms with Gasteiger partial charge in [-0.1, -0.05) is 5.59 Å². The standard InChI is InChI=1S/C8H16N4O4/c9-8(14)6-5-15-4-3-12(6)2-1-7(13)16-11-10/h6,11H,1-5,10H2,(H2,9,14). The molecule has 1 saturated heterocycles. The minimum absolute atomic E-state index is 0.133. The molecule has 0 aromatic carbocycles.